The van der Waals surface area contributed by atoms with E-state index in [1.165, 1.54) is 6.42 Å². The van der Waals surface area contributed by atoms with Crippen molar-refractivity contribution >= 4 is 16.9 Å². The molecule has 1 aromatic carbocycles. The van der Waals surface area contributed by atoms with Crippen LogP contribution in [-0.4, -0.2) is 36.5 Å². The number of nitrogens with one attached hydrogen (secondary N) is 1. The fraction of sp³-hybridized carbons (Fsp3) is 0.438. The summed E-state index contributed by atoms with van der Waals surface area (Å²) in [7, 11) is 0. The van der Waals surface area contributed by atoms with Crippen LogP contribution in [0.2, 0.25) is 0 Å². The third-order valence-electron chi connectivity index (χ3n) is 4.58. The lowest BCUT2D eigenvalue weighted by atomic mass is 9.92. The standard InChI is InChI=1S/C16H18N2O2/c19-16(15-8-11-4-1-2-6-14(11)20-15)18-7-3-5-12-9-17-10-13(12)18/h1-2,4,6,8,12-13,17H,3,5,7,9-10H2. The highest BCUT2D eigenvalue weighted by molar-refractivity contribution is 5.96. The maximum Gasteiger partial charge on any atom is 0.289 e. The molecule has 2 atom stereocenters. The second-order valence-corrected chi connectivity index (χ2v) is 5.77. The van der Waals surface area contributed by atoms with Crippen molar-refractivity contribution in [1.29, 1.82) is 0 Å². The van der Waals surface area contributed by atoms with Crippen LogP contribution in [0, 0.1) is 5.92 Å². The maximum atomic E-state index is 12.7. The number of fused-ring (bicyclic) bond motifs is 2. The van der Waals surface area contributed by atoms with Gasteiger partial charge in [0, 0.05) is 31.1 Å². The van der Waals surface area contributed by atoms with Gasteiger partial charge in [0.05, 0.1) is 0 Å². The highest BCUT2D eigenvalue weighted by atomic mass is 16.3. The van der Waals surface area contributed by atoms with Crippen molar-refractivity contribution in [3.05, 3.63) is 36.1 Å². The normalized spacial score (nSPS) is 25.9. The molecule has 0 spiro atoms. The molecule has 4 nitrogen and oxygen atoms in total. The van der Waals surface area contributed by atoms with E-state index < -0.39 is 0 Å². The molecule has 4 heteroatoms. The summed E-state index contributed by atoms with van der Waals surface area (Å²) in [6.45, 7) is 2.80. The molecule has 2 saturated heterocycles. The zero-order valence-electron chi connectivity index (χ0n) is 11.3. The number of furan rings is 1. The monoisotopic (exact) mass is 270 g/mol. The number of hydrogen-bond donors (Lipinski definition) is 1. The number of likely N-dealkylation sites (tertiary alicyclic amines) is 1. The molecular weight excluding hydrogens is 252 g/mol. The van der Waals surface area contributed by atoms with Crippen LogP contribution >= 0.6 is 0 Å². The van der Waals surface area contributed by atoms with Gasteiger partial charge >= 0.3 is 0 Å². The number of benzene rings is 1. The number of amides is 1. The van der Waals surface area contributed by atoms with Crippen molar-refractivity contribution in [2.45, 2.75) is 18.9 Å². The quantitative estimate of drug-likeness (QED) is 0.864. The van der Waals surface area contributed by atoms with Crippen molar-refractivity contribution in [3.8, 4) is 0 Å². The van der Waals surface area contributed by atoms with Crippen LogP contribution in [0.3, 0.4) is 0 Å². The Labute approximate surface area is 117 Å². The topological polar surface area (TPSA) is 45.5 Å². The average molecular weight is 270 g/mol. The van der Waals surface area contributed by atoms with E-state index in [1.54, 1.807) is 0 Å². The number of carbonyl (C=O) groups excluding carboxylic acids is 1. The number of piperidine rings is 1. The van der Waals surface area contributed by atoms with Crippen molar-refractivity contribution in [2.75, 3.05) is 19.6 Å². The summed E-state index contributed by atoms with van der Waals surface area (Å²) in [6.07, 6.45) is 2.32. The van der Waals surface area contributed by atoms with Crippen molar-refractivity contribution in [3.63, 3.8) is 0 Å². The molecular formula is C16H18N2O2. The molecule has 104 valence electrons. The Morgan fingerprint density at radius 1 is 1.30 bits per heavy atom. The molecule has 2 aliphatic heterocycles. The van der Waals surface area contributed by atoms with E-state index in [0.29, 0.717) is 17.7 Å². The molecule has 0 aliphatic carbocycles. The fourth-order valence-electron chi connectivity index (χ4n) is 3.55. The van der Waals surface area contributed by atoms with Gasteiger partial charge in [-0.05, 0) is 30.9 Å². The summed E-state index contributed by atoms with van der Waals surface area (Å²) in [5, 5.41) is 4.40. The smallest absolute Gasteiger partial charge is 0.289 e. The molecule has 2 fully saturated rings. The Hall–Kier alpha value is -1.81. The first kappa shape index (κ1) is 12.0. The second kappa shape index (κ2) is 4.63. The number of para-hydroxylation sites is 1. The van der Waals surface area contributed by atoms with E-state index in [0.717, 1.165) is 37.0 Å². The van der Waals surface area contributed by atoms with Crippen molar-refractivity contribution < 1.29 is 9.21 Å². The summed E-state index contributed by atoms with van der Waals surface area (Å²) < 4.78 is 5.72. The van der Waals surface area contributed by atoms with E-state index in [9.17, 15) is 4.79 Å². The summed E-state index contributed by atoms with van der Waals surface area (Å²) in [6, 6.07) is 9.98. The van der Waals surface area contributed by atoms with Gasteiger partial charge in [-0.2, -0.15) is 0 Å². The summed E-state index contributed by atoms with van der Waals surface area (Å²) in [5.41, 5.74) is 0.786. The third-order valence-corrected chi connectivity index (χ3v) is 4.58. The highest BCUT2D eigenvalue weighted by Gasteiger charge is 2.38. The fourth-order valence-corrected chi connectivity index (χ4v) is 3.55. The Morgan fingerprint density at radius 3 is 3.10 bits per heavy atom. The lowest BCUT2D eigenvalue weighted by molar-refractivity contribution is 0.0545. The molecule has 1 amide bonds. The molecule has 1 N–H and O–H groups in total. The molecule has 0 bridgehead atoms. The van der Waals surface area contributed by atoms with Crippen LogP contribution in [0.25, 0.3) is 11.0 Å². The van der Waals surface area contributed by atoms with Gasteiger partial charge in [-0.1, -0.05) is 18.2 Å². The SMILES string of the molecule is O=C(c1cc2ccccc2o1)N1CCCC2CNCC21. The predicted molar refractivity (Wildman–Crippen MR) is 76.6 cm³/mol. The van der Waals surface area contributed by atoms with Crippen LogP contribution < -0.4 is 5.32 Å². The van der Waals surface area contributed by atoms with E-state index in [-0.39, 0.29) is 5.91 Å². The van der Waals surface area contributed by atoms with E-state index in [1.807, 2.05) is 35.2 Å². The third kappa shape index (κ3) is 1.83. The number of carbonyl (C=O) groups is 1. The molecule has 20 heavy (non-hydrogen) atoms. The zero-order chi connectivity index (χ0) is 13.5. The lowest BCUT2D eigenvalue weighted by Gasteiger charge is -2.36. The van der Waals surface area contributed by atoms with E-state index >= 15 is 0 Å². The Kier molecular flexibility index (Phi) is 2.77. The van der Waals surface area contributed by atoms with Gasteiger partial charge in [0.25, 0.3) is 5.91 Å². The Balaban J connectivity index is 1.65. The van der Waals surface area contributed by atoms with E-state index in [4.69, 9.17) is 4.42 Å². The van der Waals surface area contributed by atoms with Crippen LogP contribution in [0.4, 0.5) is 0 Å². The van der Waals surface area contributed by atoms with Gasteiger partial charge in [0.15, 0.2) is 5.76 Å². The van der Waals surface area contributed by atoms with E-state index in [2.05, 4.69) is 5.32 Å². The predicted octanol–water partition coefficient (Wildman–Crippen LogP) is 2.26. The van der Waals surface area contributed by atoms with Crippen LogP contribution in [0.1, 0.15) is 23.4 Å². The maximum absolute atomic E-state index is 12.7. The molecule has 4 rings (SSSR count). The number of hydrogen-bond acceptors (Lipinski definition) is 3. The van der Waals surface area contributed by atoms with Gasteiger partial charge in [0.1, 0.15) is 5.58 Å². The van der Waals surface area contributed by atoms with Crippen LogP contribution in [0.5, 0.6) is 0 Å². The van der Waals surface area contributed by atoms with Gasteiger partial charge in [0.2, 0.25) is 0 Å². The molecule has 0 radical (unpaired) electrons. The molecule has 3 heterocycles. The summed E-state index contributed by atoms with van der Waals surface area (Å²) >= 11 is 0. The summed E-state index contributed by atoms with van der Waals surface area (Å²) in [5.74, 6) is 1.12. The summed E-state index contributed by atoms with van der Waals surface area (Å²) in [4.78, 5) is 14.7. The number of rotatable bonds is 1. The lowest BCUT2D eigenvalue weighted by Crippen LogP contribution is -2.48. The molecule has 0 saturated carbocycles. The highest BCUT2D eigenvalue weighted by Crippen LogP contribution is 2.29. The molecule has 2 aromatic rings. The Bertz CT molecular complexity index is 616. The minimum Gasteiger partial charge on any atom is -0.451 e. The largest absolute Gasteiger partial charge is 0.451 e. The van der Waals surface area contributed by atoms with Gasteiger partial charge in [-0.15, -0.1) is 0 Å². The molecule has 2 aliphatic rings. The van der Waals surface area contributed by atoms with Crippen molar-refractivity contribution in [2.24, 2.45) is 5.92 Å². The van der Waals surface area contributed by atoms with Crippen LogP contribution in [0.15, 0.2) is 34.7 Å². The van der Waals surface area contributed by atoms with Gasteiger partial charge in [-0.25, -0.2) is 0 Å². The van der Waals surface area contributed by atoms with Gasteiger partial charge in [-0.3, -0.25) is 4.79 Å². The first-order valence-corrected chi connectivity index (χ1v) is 7.33. The molecule has 2 unspecified atom stereocenters. The zero-order valence-corrected chi connectivity index (χ0v) is 11.3. The minimum atomic E-state index is 0.0413. The average Bonchev–Trinajstić information content (AvgIpc) is 3.12. The number of nitrogens with zero attached hydrogens (tertiary/aromatic N) is 1. The first-order chi connectivity index (χ1) is 9.83. The van der Waals surface area contributed by atoms with Crippen LogP contribution in [-0.2, 0) is 0 Å². The minimum absolute atomic E-state index is 0.0413. The Morgan fingerprint density at radius 2 is 2.20 bits per heavy atom. The first-order valence-electron chi connectivity index (χ1n) is 7.33. The van der Waals surface area contributed by atoms with Gasteiger partial charge < -0.3 is 14.6 Å². The second-order valence-electron chi connectivity index (χ2n) is 5.77. The van der Waals surface area contributed by atoms with Crippen molar-refractivity contribution in [1.82, 2.24) is 10.2 Å². The molecule has 1 aromatic heterocycles.